The lowest BCUT2D eigenvalue weighted by Gasteiger charge is -2.02. The Kier molecular flexibility index (Phi) is 5.00. The van der Waals surface area contributed by atoms with Crippen molar-refractivity contribution in [1.82, 2.24) is 5.32 Å². The number of aryl methyl sites for hydroxylation is 1. The van der Waals surface area contributed by atoms with Gasteiger partial charge in [0, 0.05) is 0 Å². The van der Waals surface area contributed by atoms with Gasteiger partial charge in [0.25, 0.3) is 5.91 Å². The van der Waals surface area contributed by atoms with Crippen LogP contribution in [0, 0.1) is 0 Å². The lowest BCUT2D eigenvalue weighted by atomic mass is 10.1. The molecule has 1 aliphatic rings. The monoisotopic (exact) mass is 351 g/mol. The lowest BCUT2D eigenvalue weighted by Crippen LogP contribution is -2.21. The number of benzene rings is 2. The zero-order valence-electron chi connectivity index (χ0n) is 13.5. The SMILES string of the molecule is CCc1ccccc1N=C1NC(=O)/C(=C/c2ccc(C(=O)[O-])cc2)S1. The van der Waals surface area contributed by atoms with E-state index >= 15 is 0 Å². The number of aliphatic imine (C=N–C) groups is 1. The summed E-state index contributed by atoms with van der Waals surface area (Å²) in [6, 6.07) is 14.0. The summed E-state index contributed by atoms with van der Waals surface area (Å²) in [6.45, 7) is 2.06. The number of carboxylic acids is 1. The Morgan fingerprint density at radius 2 is 1.92 bits per heavy atom. The molecule has 0 aromatic heterocycles. The number of hydrogen-bond donors (Lipinski definition) is 1. The number of thioether (sulfide) groups is 1. The third kappa shape index (κ3) is 3.97. The largest absolute Gasteiger partial charge is 0.545 e. The lowest BCUT2D eigenvalue weighted by molar-refractivity contribution is -0.255. The summed E-state index contributed by atoms with van der Waals surface area (Å²) < 4.78 is 0. The molecule has 0 bridgehead atoms. The van der Waals surface area contributed by atoms with Crippen molar-refractivity contribution in [1.29, 1.82) is 0 Å². The molecule has 2 aromatic carbocycles. The van der Waals surface area contributed by atoms with Crippen LogP contribution in [-0.2, 0) is 11.2 Å². The maximum absolute atomic E-state index is 12.1. The molecule has 0 atom stereocenters. The molecular formula is C19H15N2O3S-. The highest BCUT2D eigenvalue weighted by Gasteiger charge is 2.23. The van der Waals surface area contributed by atoms with E-state index in [1.54, 1.807) is 18.2 Å². The normalized spacial score (nSPS) is 17.1. The maximum atomic E-state index is 12.1. The van der Waals surface area contributed by atoms with Crippen LogP contribution in [0.25, 0.3) is 6.08 Å². The number of nitrogens with zero attached hydrogens (tertiary/aromatic N) is 1. The molecule has 1 N–H and O–H groups in total. The first kappa shape index (κ1) is 17.0. The van der Waals surface area contributed by atoms with E-state index in [9.17, 15) is 14.7 Å². The molecule has 0 saturated carbocycles. The average Bonchev–Trinajstić information content (AvgIpc) is 2.95. The number of para-hydroxylation sites is 1. The molecule has 0 spiro atoms. The molecule has 2 aromatic rings. The quantitative estimate of drug-likeness (QED) is 0.858. The van der Waals surface area contributed by atoms with Crippen molar-refractivity contribution in [3.05, 3.63) is 70.1 Å². The fourth-order valence-electron chi connectivity index (χ4n) is 2.38. The van der Waals surface area contributed by atoms with E-state index in [1.165, 1.54) is 23.9 Å². The van der Waals surface area contributed by atoms with Crippen molar-refractivity contribution >= 4 is 40.6 Å². The summed E-state index contributed by atoms with van der Waals surface area (Å²) in [4.78, 5) is 27.9. The third-order valence-corrected chi connectivity index (χ3v) is 4.60. The van der Waals surface area contributed by atoms with Crippen LogP contribution in [-0.4, -0.2) is 17.0 Å². The summed E-state index contributed by atoms with van der Waals surface area (Å²) in [5.74, 6) is -1.45. The molecule has 126 valence electrons. The van der Waals surface area contributed by atoms with Crippen LogP contribution < -0.4 is 10.4 Å². The minimum absolute atomic E-state index is 0.101. The van der Waals surface area contributed by atoms with Crippen molar-refractivity contribution in [2.24, 2.45) is 4.99 Å². The van der Waals surface area contributed by atoms with E-state index in [-0.39, 0.29) is 11.5 Å². The summed E-state index contributed by atoms with van der Waals surface area (Å²) in [5.41, 5.74) is 2.79. The number of aromatic carboxylic acids is 1. The first-order valence-electron chi connectivity index (χ1n) is 7.75. The summed E-state index contributed by atoms with van der Waals surface area (Å²) in [7, 11) is 0. The second-order valence-corrected chi connectivity index (χ2v) is 6.40. The molecule has 25 heavy (non-hydrogen) atoms. The molecule has 5 nitrogen and oxygen atoms in total. The van der Waals surface area contributed by atoms with Crippen molar-refractivity contribution in [3.8, 4) is 0 Å². The van der Waals surface area contributed by atoms with Gasteiger partial charge in [-0.25, -0.2) is 4.99 Å². The number of amides is 1. The molecule has 6 heteroatoms. The molecular weight excluding hydrogens is 336 g/mol. The number of carbonyl (C=O) groups is 2. The molecule has 1 amide bonds. The van der Waals surface area contributed by atoms with E-state index in [0.717, 1.165) is 23.2 Å². The maximum Gasteiger partial charge on any atom is 0.264 e. The van der Waals surface area contributed by atoms with Gasteiger partial charge in [-0.05, 0) is 47.0 Å². The molecule has 0 unspecified atom stereocenters. The Balaban J connectivity index is 1.82. The highest BCUT2D eigenvalue weighted by atomic mass is 32.2. The molecule has 1 saturated heterocycles. The van der Waals surface area contributed by atoms with Crippen LogP contribution in [0.4, 0.5) is 5.69 Å². The van der Waals surface area contributed by atoms with Crippen LogP contribution in [0.1, 0.15) is 28.4 Å². The number of carbonyl (C=O) groups excluding carboxylic acids is 2. The van der Waals surface area contributed by atoms with E-state index in [4.69, 9.17) is 0 Å². The van der Waals surface area contributed by atoms with Crippen molar-refractivity contribution in [2.45, 2.75) is 13.3 Å². The molecule has 0 aliphatic carbocycles. The topological polar surface area (TPSA) is 81.6 Å². The highest BCUT2D eigenvalue weighted by molar-refractivity contribution is 8.18. The Morgan fingerprint density at radius 1 is 1.20 bits per heavy atom. The van der Waals surface area contributed by atoms with Gasteiger partial charge in [0.05, 0.1) is 16.6 Å². The smallest absolute Gasteiger partial charge is 0.264 e. The first-order chi connectivity index (χ1) is 12.1. The Labute approximate surface area is 149 Å². The number of carboxylic acid groups (broad SMARTS) is 1. The van der Waals surface area contributed by atoms with Gasteiger partial charge >= 0.3 is 0 Å². The van der Waals surface area contributed by atoms with Gasteiger partial charge in [0.1, 0.15) is 0 Å². The Morgan fingerprint density at radius 3 is 2.60 bits per heavy atom. The van der Waals surface area contributed by atoms with Crippen molar-refractivity contribution in [3.63, 3.8) is 0 Å². The predicted octanol–water partition coefficient (Wildman–Crippen LogP) is 2.50. The number of amidine groups is 1. The van der Waals surface area contributed by atoms with E-state index in [1.807, 2.05) is 24.3 Å². The van der Waals surface area contributed by atoms with Crippen molar-refractivity contribution < 1.29 is 14.7 Å². The van der Waals surface area contributed by atoms with Gasteiger partial charge in [0.15, 0.2) is 5.17 Å². The molecule has 1 aliphatic heterocycles. The third-order valence-electron chi connectivity index (χ3n) is 3.69. The minimum Gasteiger partial charge on any atom is -0.545 e. The van der Waals surface area contributed by atoms with Gasteiger partial charge in [0.2, 0.25) is 0 Å². The standard InChI is InChI=1S/C19H16N2O3S/c1-2-13-5-3-4-6-15(13)20-19-21-17(22)16(25-19)11-12-7-9-14(10-8-12)18(23)24/h3-11H,2H2,1H3,(H,23,24)(H,20,21,22)/p-1/b16-11-. The minimum atomic E-state index is -1.23. The van der Waals surface area contributed by atoms with E-state index in [0.29, 0.717) is 10.1 Å². The summed E-state index contributed by atoms with van der Waals surface area (Å²) >= 11 is 1.26. The predicted molar refractivity (Wildman–Crippen MR) is 97.4 cm³/mol. The van der Waals surface area contributed by atoms with Crippen LogP contribution >= 0.6 is 11.8 Å². The second-order valence-electron chi connectivity index (χ2n) is 5.37. The van der Waals surface area contributed by atoms with Crippen LogP contribution in [0.5, 0.6) is 0 Å². The summed E-state index contributed by atoms with van der Waals surface area (Å²) in [5, 5.41) is 14.1. The van der Waals surface area contributed by atoms with Gasteiger partial charge in [-0.3, -0.25) is 4.79 Å². The second kappa shape index (κ2) is 7.36. The molecule has 0 radical (unpaired) electrons. The van der Waals surface area contributed by atoms with Crippen molar-refractivity contribution in [2.75, 3.05) is 0 Å². The highest BCUT2D eigenvalue weighted by Crippen LogP contribution is 2.29. The summed E-state index contributed by atoms with van der Waals surface area (Å²) in [6.07, 6.45) is 2.56. The van der Waals surface area contributed by atoms with Crippen LogP contribution in [0.3, 0.4) is 0 Å². The van der Waals surface area contributed by atoms with Gasteiger partial charge in [-0.1, -0.05) is 49.4 Å². The van der Waals surface area contributed by atoms with E-state index in [2.05, 4.69) is 17.2 Å². The zero-order valence-corrected chi connectivity index (χ0v) is 14.3. The fourth-order valence-corrected chi connectivity index (χ4v) is 3.21. The van der Waals surface area contributed by atoms with Crippen LogP contribution in [0.2, 0.25) is 0 Å². The average molecular weight is 351 g/mol. The molecule has 3 rings (SSSR count). The van der Waals surface area contributed by atoms with Gasteiger partial charge in [-0.2, -0.15) is 0 Å². The fraction of sp³-hybridized carbons (Fsp3) is 0.105. The number of hydrogen-bond acceptors (Lipinski definition) is 5. The number of rotatable bonds is 4. The van der Waals surface area contributed by atoms with E-state index < -0.39 is 5.97 Å². The Hall–Kier alpha value is -2.86. The van der Waals surface area contributed by atoms with Crippen LogP contribution in [0.15, 0.2) is 58.4 Å². The van der Waals surface area contributed by atoms with Gasteiger partial charge in [-0.15, -0.1) is 0 Å². The molecule has 1 fully saturated rings. The van der Waals surface area contributed by atoms with Gasteiger partial charge < -0.3 is 15.2 Å². The first-order valence-corrected chi connectivity index (χ1v) is 8.57. The molecule has 1 heterocycles. The Bertz CT molecular complexity index is 886. The number of nitrogens with one attached hydrogen (secondary N) is 1. The zero-order chi connectivity index (χ0) is 17.8.